The Morgan fingerprint density at radius 2 is 2.15 bits per heavy atom. The van der Waals surface area contributed by atoms with Crippen molar-refractivity contribution in [2.75, 3.05) is 18.8 Å². The lowest BCUT2D eigenvalue weighted by molar-refractivity contribution is -0.125. The molecule has 0 radical (unpaired) electrons. The maximum atomic E-state index is 14.8. The maximum Gasteiger partial charge on any atom is 0.246 e. The fraction of sp³-hybridized carbons (Fsp3) is 0.250. The Morgan fingerprint density at radius 1 is 1.32 bits per heavy atom. The zero-order valence-corrected chi connectivity index (χ0v) is 18.4. The van der Waals surface area contributed by atoms with Crippen molar-refractivity contribution in [3.8, 4) is 11.8 Å². The molecule has 1 fully saturated rings. The highest BCUT2D eigenvalue weighted by Gasteiger charge is 2.29. The van der Waals surface area contributed by atoms with Crippen LogP contribution >= 0.6 is 0 Å². The second-order valence-electron chi connectivity index (χ2n) is 8.01. The lowest BCUT2D eigenvalue weighted by atomic mass is 10.1. The number of imidazole rings is 1. The Hall–Kier alpha value is -4.26. The van der Waals surface area contributed by atoms with E-state index in [9.17, 15) is 13.6 Å². The number of nitrogens with zero attached hydrogens (tertiary/aromatic N) is 6. The van der Waals surface area contributed by atoms with Gasteiger partial charge in [-0.25, -0.2) is 18.7 Å². The summed E-state index contributed by atoms with van der Waals surface area (Å²) >= 11 is 0. The van der Waals surface area contributed by atoms with Crippen LogP contribution in [-0.2, 0) is 11.3 Å². The summed E-state index contributed by atoms with van der Waals surface area (Å²) < 4.78 is 32.8. The second-order valence-corrected chi connectivity index (χ2v) is 8.01. The van der Waals surface area contributed by atoms with Crippen molar-refractivity contribution in [1.82, 2.24) is 29.2 Å². The zero-order chi connectivity index (χ0) is 24.0. The molecule has 0 saturated carbocycles. The average Bonchev–Trinajstić information content (AvgIpc) is 3.57. The summed E-state index contributed by atoms with van der Waals surface area (Å²) in [6.07, 6.45) is 5.02. The molecule has 0 spiro atoms. The van der Waals surface area contributed by atoms with Gasteiger partial charge in [-0.1, -0.05) is 12.5 Å². The first-order chi connectivity index (χ1) is 16.4. The SMILES string of the molecule is C=CC(=O)N1CC[C@H](n2nc(C#Cc3cc4ncn(CC)c4c(F)c3F)c3c(N)nccc32)C1. The van der Waals surface area contributed by atoms with Crippen molar-refractivity contribution in [1.29, 1.82) is 0 Å². The fourth-order valence-electron chi connectivity index (χ4n) is 4.37. The van der Waals surface area contributed by atoms with Gasteiger partial charge in [0.05, 0.1) is 34.4 Å². The van der Waals surface area contributed by atoms with Crippen LogP contribution in [0.4, 0.5) is 14.6 Å². The number of carbonyl (C=O) groups excluding carboxylic acids is 1. The first-order valence-corrected chi connectivity index (χ1v) is 10.8. The van der Waals surface area contributed by atoms with E-state index in [1.165, 1.54) is 23.0 Å². The van der Waals surface area contributed by atoms with Gasteiger partial charge in [-0.3, -0.25) is 9.48 Å². The third-order valence-electron chi connectivity index (χ3n) is 6.09. The van der Waals surface area contributed by atoms with Crippen molar-refractivity contribution >= 4 is 33.7 Å². The predicted molar refractivity (Wildman–Crippen MR) is 124 cm³/mol. The summed E-state index contributed by atoms with van der Waals surface area (Å²) in [5, 5.41) is 5.15. The van der Waals surface area contributed by atoms with Gasteiger partial charge in [-0.05, 0) is 37.5 Å². The van der Waals surface area contributed by atoms with Crippen molar-refractivity contribution in [3.63, 3.8) is 0 Å². The van der Waals surface area contributed by atoms with Gasteiger partial charge in [-0.15, -0.1) is 0 Å². The van der Waals surface area contributed by atoms with Gasteiger partial charge in [0.25, 0.3) is 0 Å². The van der Waals surface area contributed by atoms with Crippen LogP contribution in [0.5, 0.6) is 0 Å². The van der Waals surface area contributed by atoms with E-state index in [1.54, 1.807) is 21.8 Å². The van der Waals surface area contributed by atoms with E-state index >= 15 is 0 Å². The monoisotopic (exact) mass is 461 g/mol. The van der Waals surface area contributed by atoms with Gasteiger partial charge < -0.3 is 15.2 Å². The molecular formula is C24H21F2N7O. The number of likely N-dealkylation sites (tertiary alicyclic amines) is 1. The summed E-state index contributed by atoms with van der Waals surface area (Å²) in [7, 11) is 0. The highest BCUT2D eigenvalue weighted by Crippen LogP contribution is 2.30. The molecular weight excluding hydrogens is 440 g/mol. The van der Waals surface area contributed by atoms with E-state index in [-0.39, 0.29) is 28.8 Å². The highest BCUT2D eigenvalue weighted by atomic mass is 19.2. The summed E-state index contributed by atoms with van der Waals surface area (Å²) in [6.45, 7) is 6.87. The first kappa shape index (κ1) is 21.6. The quantitative estimate of drug-likeness (QED) is 0.374. The number of nitrogen functional groups attached to an aromatic ring is 1. The van der Waals surface area contributed by atoms with Gasteiger partial charge in [0, 0.05) is 25.8 Å². The summed E-state index contributed by atoms with van der Waals surface area (Å²) in [5.74, 6) is 3.60. The molecule has 8 nitrogen and oxygen atoms in total. The number of aryl methyl sites for hydroxylation is 1. The number of hydrogen-bond donors (Lipinski definition) is 1. The van der Waals surface area contributed by atoms with Crippen LogP contribution in [0.25, 0.3) is 21.9 Å². The smallest absolute Gasteiger partial charge is 0.246 e. The highest BCUT2D eigenvalue weighted by molar-refractivity contribution is 5.93. The number of anilines is 1. The second kappa shape index (κ2) is 8.26. The standard InChI is InChI=1S/C24H21F2N7O/c1-3-19(34)32-10-8-15(12-32)33-18-7-9-28-24(27)20(18)16(30-33)6-5-14-11-17-23(22(26)21(14)25)31(4-2)13-29-17/h3,7,9,11,13,15H,1,4,8,10,12H2,2H3,(H2,27,28)/t15-/m0/s1. The number of pyridine rings is 1. The molecule has 34 heavy (non-hydrogen) atoms. The first-order valence-electron chi connectivity index (χ1n) is 10.8. The van der Waals surface area contributed by atoms with E-state index in [1.807, 2.05) is 6.92 Å². The van der Waals surface area contributed by atoms with E-state index in [0.29, 0.717) is 48.2 Å². The number of aromatic nitrogens is 5. The van der Waals surface area contributed by atoms with Crippen LogP contribution in [0.1, 0.15) is 30.6 Å². The summed E-state index contributed by atoms with van der Waals surface area (Å²) in [5.41, 5.74) is 7.43. The molecule has 0 aliphatic carbocycles. The zero-order valence-electron chi connectivity index (χ0n) is 18.4. The predicted octanol–water partition coefficient (Wildman–Crippen LogP) is 3.02. The topological polar surface area (TPSA) is 94.9 Å². The number of benzene rings is 1. The molecule has 0 unspecified atom stereocenters. The normalized spacial score (nSPS) is 15.6. The number of fused-ring (bicyclic) bond motifs is 2. The number of halogens is 2. The molecule has 4 heterocycles. The summed E-state index contributed by atoms with van der Waals surface area (Å²) in [4.78, 5) is 22.0. The Morgan fingerprint density at radius 3 is 2.91 bits per heavy atom. The molecule has 10 heteroatoms. The third kappa shape index (κ3) is 3.37. The van der Waals surface area contributed by atoms with Gasteiger partial charge in [0.15, 0.2) is 11.6 Å². The molecule has 1 aromatic carbocycles. The molecule has 0 bridgehead atoms. The molecule has 1 amide bonds. The number of nitrogens with two attached hydrogens (primary N) is 1. The van der Waals surface area contributed by atoms with Crippen molar-refractivity contribution < 1.29 is 13.6 Å². The Balaban J connectivity index is 1.59. The molecule has 5 rings (SSSR count). The number of amides is 1. The number of carbonyl (C=O) groups is 1. The number of hydrogen-bond acceptors (Lipinski definition) is 5. The lowest BCUT2D eigenvalue weighted by Crippen LogP contribution is -2.27. The fourth-order valence-corrected chi connectivity index (χ4v) is 4.37. The van der Waals surface area contributed by atoms with Crippen molar-refractivity contribution in [2.45, 2.75) is 25.9 Å². The molecule has 1 atom stereocenters. The van der Waals surface area contributed by atoms with Crippen LogP contribution < -0.4 is 5.73 Å². The minimum atomic E-state index is -1.04. The van der Waals surface area contributed by atoms with Gasteiger partial charge >= 0.3 is 0 Å². The van der Waals surface area contributed by atoms with Crippen LogP contribution in [0.2, 0.25) is 0 Å². The minimum Gasteiger partial charge on any atom is -0.383 e. The van der Waals surface area contributed by atoms with Gasteiger partial charge in [0.2, 0.25) is 5.91 Å². The summed E-state index contributed by atoms with van der Waals surface area (Å²) in [6, 6.07) is 3.10. The van der Waals surface area contributed by atoms with Crippen LogP contribution in [0.15, 0.2) is 37.3 Å². The van der Waals surface area contributed by atoms with Crippen LogP contribution in [-0.4, -0.2) is 48.2 Å². The Bertz CT molecular complexity index is 1530. The molecule has 4 aromatic rings. The largest absolute Gasteiger partial charge is 0.383 e. The lowest BCUT2D eigenvalue weighted by Gasteiger charge is -2.15. The molecule has 3 aromatic heterocycles. The maximum absolute atomic E-state index is 14.8. The third-order valence-corrected chi connectivity index (χ3v) is 6.09. The van der Waals surface area contributed by atoms with Crippen LogP contribution in [0.3, 0.4) is 0 Å². The van der Waals surface area contributed by atoms with Crippen molar-refractivity contribution in [3.05, 3.63) is 60.2 Å². The van der Waals surface area contributed by atoms with Gasteiger partial charge in [-0.2, -0.15) is 5.10 Å². The molecule has 1 aliphatic rings. The minimum absolute atomic E-state index is 0.0905. The Labute approximate surface area is 193 Å². The number of rotatable bonds is 3. The van der Waals surface area contributed by atoms with Crippen LogP contribution in [0, 0.1) is 23.5 Å². The van der Waals surface area contributed by atoms with Gasteiger partial charge in [0.1, 0.15) is 17.0 Å². The average molecular weight is 461 g/mol. The van der Waals surface area contributed by atoms with E-state index < -0.39 is 11.6 Å². The van der Waals surface area contributed by atoms with Crippen molar-refractivity contribution in [2.24, 2.45) is 0 Å². The van der Waals surface area contributed by atoms with E-state index in [2.05, 4.69) is 33.5 Å². The van der Waals surface area contributed by atoms with E-state index in [4.69, 9.17) is 5.73 Å². The molecule has 1 saturated heterocycles. The molecule has 172 valence electrons. The molecule has 1 aliphatic heterocycles. The Kier molecular flexibility index (Phi) is 5.24. The molecule has 2 N–H and O–H groups in total. The van der Waals surface area contributed by atoms with E-state index in [0.717, 1.165) is 0 Å².